The molecule has 0 bridgehead atoms. The Morgan fingerprint density at radius 3 is 2.68 bits per heavy atom. The van der Waals surface area contributed by atoms with Gasteiger partial charge in [-0.1, -0.05) is 26.2 Å². The number of carbonyl (C=O) groups excluding carboxylic acids is 2. The molecule has 1 aromatic rings. The van der Waals surface area contributed by atoms with Crippen LogP contribution in [-0.4, -0.2) is 40.3 Å². The van der Waals surface area contributed by atoms with Crippen molar-refractivity contribution in [2.45, 2.75) is 76.8 Å². The Balaban J connectivity index is 1.69. The molecule has 5 heteroatoms. The van der Waals surface area contributed by atoms with Gasteiger partial charge in [-0.2, -0.15) is 0 Å². The van der Waals surface area contributed by atoms with E-state index in [9.17, 15) is 9.59 Å². The van der Waals surface area contributed by atoms with Crippen molar-refractivity contribution >= 4 is 11.8 Å². The summed E-state index contributed by atoms with van der Waals surface area (Å²) in [5, 5.41) is 3.11. The highest BCUT2D eigenvalue weighted by atomic mass is 16.2. The standard InChI is InChI=1S/C20H29N3O2/c1-2-17-10-6-7-13-23(17)20(25)18-14-15(11-12-21-18)19(24)22-16-8-4-3-5-9-16/h11-12,14,16-17H,2-10,13H2,1H3,(H,22,24). The second-order valence-electron chi connectivity index (χ2n) is 7.29. The highest BCUT2D eigenvalue weighted by molar-refractivity contribution is 5.98. The Bertz CT molecular complexity index is 611. The molecule has 3 rings (SSSR count). The molecule has 1 aliphatic heterocycles. The fraction of sp³-hybridized carbons (Fsp3) is 0.650. The average molecular weight is 343 g/mol. The molecule has 2 aliphatic rings. The number of hydrogen-bond acceptors (Lipinski definition) is 3. The Labute approximate surface area is 150 Å². The summed E-state index contributed by atoms with van der Waals surface area (Å²) in [6, 6.07) is 3.91. The highest BCUT2D eigenvalue weighted by Crippen LogP contribution is 2.22. The van der Waals surface area contributed by atoms with Crippen LogP contribution in [0, 0.1) is 0 Å². The molecule has 1 saturated heterocycles. The van der Waals surface area contributed by atoms with Crippen LogP contribution in [0.15, 0.2) is 18.3 Å². The molecular weight excluding hydrogens is 314 g/mol. The van der Waals surface area contributed by atoms with Gasteiger partial charge in [0.1, 0.15) is 5.69 Å². The molecule has 2 amide bonds. The van der Waals surface area contributed by atoms with Gasteiger partial charge in [-0.05, 0) is 50.7 Å². The average Bonchev–Trinajstić information content (AvgIpc) is 2.68. The molecule has 0 aromatic carbocycles. The lowest BCUT2D eigenvalue weighted by molar-refractivity contribution is 0.0602. The normalized spacial score (nSPS) is 21.8. The molecule has 1 atom stereocenters. The van der Waals surface area contributed by atoms with Gasteiger partial charge in [-0.15, -0.1) is 0 Å². The van der Waals surface area contributed by atoms with E-state index in [4.69, 9.17) is 0 Å². The third kappa shape index (κ3) is 4.39. The SMILES string of the molecule is CCC1CCCCN1C(=O)c1cc(C(=O)NC2CCCCC2)ccn1. The number of hydrogen-bond donors (Lipinski definition) is 1. The van der Waals surface area contributed by atoms with Crippen molar-refractivity contribution in [2.75, 3.05) is 6.54 Å². The van der Waals surface area contributed by atoms with Crippen molar-refractivity contribution in [1.29, 1.82) is 0 Å². The largest absolute Gasteiger partial charge is 0.349 e. The topological polar surface area (TPSA) is 62.3 Å². The number of rotatable bonds is 4. The summed E-state index contributed by atoms with van der Waals surface area (Å²) in [5.74, 6) is -0.132. The molecule has 1 unspecified atom stereocenters. The van der Waals surface area contributed by atoms with E-state index in [0.717, 1.165) is 38.6 Å². The Morgan fingerprint density at radius 2 is 1.92 bits per heavy atom. The minimum Gasteiger partial charge on any atom is -0.349 e. The Hall–Kier alpha value is -1.91. The van der Waals surface area contributed by atoms with E-state index < -0.39 is 0 Å². The van der Waals surface area contributed by atoms with Crippen molar-refractivity contribution in [1.82, 2.24) is 15.2 Å². The van der Waals surface area contributed by atoms with Crippen LogP contribution in [-0.2, 0) is 0 Å². The smallest absolute Gasteiger partial charge is 0.272 e. The van der Waals surface area contributed by atoms with Crippen molar-refractivity contribution in [3.05, 3.63) is 29.6 Å². The van der Waals surface area contributed by atoms with Crippen LogP contribution in [0.25, 0.3) is 0 Å². The first-order chi connectivity index (χ1) is 12.2. The fourth-order valence-corrected chi connectivity index (χ4v) is 4.04. The fourth-order valence-electron chi connectivity index (χ4n) is 4.04. The molecule has 1 N–H and O–H groups in total. The highest BCUT2D eigenvalue weighted by Gasteiger charge is 2.27. The van der Waals surface area contributed by atoms with Gasteiger partial charge < -0.3 is 10.2 Å². The molecule has 2 fully saturated rings. The van der Waals surface area contributed by atoms with Gasteiger partial charge in [0, 0.05) is 30.4 Å². The van der Waals surface area contributed by atoms with E-state index in [0.29, 0.717) is 17.3 Å². The second kappa shape index (κ2) is 8.45. The molecule has 1 aliphatic carbocycles. The maximum atomic E-state index is 12.9. The van der Waals surface area contributed by atoms with Crippen LogP contribution < -0.4 is 5.32 Å². The quantitative estimate of drug-likeness (QED) is 0.909. The monoisotopic (exact) mass is 343 g/mol. The summed E-state index contributed by atoms with van der Waals surface area (Å²) in [7, 11) is 0. The number of nitrogens with one attached hydrogen (secondary N) is 1. The molecule has 25 heavy (non-hydrogen) atoms. The first-order valence-electron chi connectivity index (χ1n) is 9.77. The second-order valence-corrected chi connectivity index (χ2v) is 7.29. The predicted molar refractivity (Wildman–Crippen MR) is 97.5 cm³/mol. The van der Waals surface area contributed by atoms with Crippen LogP contribution in [0.1, 0.15) is 85.6 Å². The Morgan fingerprint density at radius 1 is 1.16 bits per heavy atom. The Kier molecular flexibility index (Phi) is 6.05. The minimum absolute atomic E-state index is 0.0427. The lowest BCUT2D eigenvalue weighted by atomic mass is 9.95. The van der Waals surface area contributed by atoms with Crippen molar-refractivity contribution in [2.24, 2.45) is 0 Å². The summed E-state index contributed by atoms with van der Waals surface area (Å²) < 4.78 is 0. The lowest BCUT2D eigenvalue weighted by Crippen LogP contribution is -2.43. The predicted octanol–water partition coefficient (Wildman–Crippen LogP) is 3.55. The van der Waals surface area contributed by atoms with E-state index in [1.807, 2.05) is 4.90 Å². The third-order valence-corrected chi connectivity index (χ3v) is 5.54. The summed E-state index contributed by atoms with van der Waals surface area (Å²) >= 11 is 0. The molecule has 0 spiro atoms. The number of likely N-dealkylation sites (tertiary alicyclic amines) is 1. The van der Waals surface area contributed by atoms with Crippen molar-refractivity contribution in [3.8, 4) is 0 Å². The zero-order valence-corrected chi connectivity index (χ0v) is 15.2. The van der Waals surface area contributed by atoms with Crippen LogP contribution in [0.4, 0.5) is 0 Å². The zero-order chi connectivity index (χ0) is 17.6. The van der Waals surface area contributed by atoms with Crippen LogP contribution in [0.2, 0.25) is 0 Å². The van der Waals surface area contributed by atoms with Gasteiger partial charge in [-0.3, -0.25) is 14.6 Å². The summed E-state index contributed by atoms with van der Waals surface area (Å²) in [6.07, 6.45) is 11.5. The number of pyridine rings is 1. The van der Waals surface area contributed by atoms with Gasteiger partial charge in [0.2, 0.25) is 0 Å². The number of piperidine rings is 1. The van der Waals surface area contributed by atoms with E-state index in [-0.39, 0.29) is 17.9 Å². The van der Waals surface area contributed by atoms with Crippen molar-refractivity contribution in [3.63, 3.8) is 0 Å². The number of nitrogens with zero attached hydrogens (tertiary/aromatic N) is 2. The van der Waals surface area contributed by atoms with Crippen molar-refractivity contribution < 1.29 is 9.59 Å². The van der Waals surface area contributed by atoms with Crippen LogP contribution in [0.5, 0.6) is 0 Å². The third-order valence-electron chi connectivity index (χ3n) is 5.54. The van der Waals surface area contributed by atoms with E-state index in [1.165, 1.54) is 25.7 Å². The van der Waals surface area contributed by atoms with Gasteiger partial charge in [-0.25, -0.2) is 0 Å². The number of carbonyl (C=O) groups is 2. The molecule has 1 saturated carbocycles. The van der Waals surface area contributed by atoms with E-state index in [2.05, 4.69) is 17.2 Å². The van der Waals surface area contributed by atoms with Crippen LogP contribution in [0.3, 0.4) is 0 Å². The van der Waals surface area contributed by atoms with E-state index >= 15 is 0 Å². The van der Waals surface area contributed by atoms with Crippen LogP contribution >= 0.6 is 0 Å². The first-order valence-corrected chi connectivity index (χ1v) is 9.77. The molecule has 5 nitrogen and oxygen atoms in total. The van der Waals surface area contributed by atoms with Gasteiger partial charge in [0.15, 0.2) is 0 Å². The maximum Gasteiger partial charge on any atom is 0.272 e. The maximum absolute atomic E-state index is 12.9. The number of aromatic nitrogens is 1. The molecular formula is C20H29N3O2. The summed E-state index contributed by atoms with van der Waals surface area (Å²) in [5.41, 5.74) is 0.922. The van der Waals surface area contributed by atoms with Gasteiger partial charge >= 0.3 is 0 Å². The first kappa shape index (κ1) is 17.9. The molecule has 2 heterocycles. The van der Waals surface area contributed by atoms with Gasteiger partial charge in [0.25, 0.3) is 11.8 Å². The molecule has 1 aromatic heterocycles. The molecule has 0 radical (unpaired) electrons. The molecule has 136 valence electrons. The van der Waals surface area contributed by atoms with Gasteiger partial charge in [0.05, 0.1) is 0 Å². The lowest BCUT2D eigenvalue weighted by Gasteiger charge is -2.35. The minimum atomic E-state index is -0.0889. The zero-order valence-electron chi connectivity index (χ0n) is 15.2. The van der Waals surface area contributed by atoms with E-state index in [1.54, 1.807) is 18.3 Å². The summed E-state index contributed by atoms with van der Waals surface area (Å²) in [6.45, 7) is 2.91. The summed E-state index contributed by atoms with van der Waals surface area (Å²) in [4.78, 5) is 31.6. The number of amides is 2.